The predicted octanol–water partition coefficient (Wildman–Crippen LogP) is 3.86. The van der Waals surface area contributed by atoms with Crippen molar-refractivity contribution in [2.75, 3.05) is 5.32 Å². The highest BCUT2D eigenvalue weighted by molar-refractivity contribution is 9.10. The molecule has 0 amide bonds. The zero-order valence-electron chi connectivity index (χ0n) is 9.03. The second-order valence-electron chi connectivity index (χ2n) is 4.14. The lowest BCUT2D eigenvalue weighted by molar-refractivity contribution is 0.630. The number of benzene rings is 1. The van der Waals surface area contributed by atoms with Crippen molar-refractivity contribution in [2.45, 2.75) is 18.9 Å². The molecule has 0 bridgehead atoms. The van der Waals surface area contributed by atoms with E-state index in [1.54, 1.807) is 18.3 Å². The molecule has 0 unspecified atom stereocenters. The van der Waals surface area contributed by atoms with Crippen LogP contribution >= 0.6 is 15.9 Å². The number of aromatic nitrogens is 2. The van der Waals surface area contributed by atoms with Crippen LogP contribution in [0.25, 0.3) is 0 Å². The zero-order valence-corrected chi connectivity index (χ0v) is 10.6. The Balaban J connectivity index is 1.88. The molecule has 17 heavy (non-hydrogen) atoms. The minimum absolute atomic E-state index is 0.287. The smallest absolute Gasteiger partial charge is 0.207 e. The van der Waals surface area contributed by atoms with E-state index in [1.165, 1.54) is 18.9 Å². The van der Waals surface area contributed by atoms with Crippen molar-refractivity contribution < 1.29 is 4.39 Å². The Morgan fingerprint density at radius 3 is 2.94 bits per heavy atom. The third-order valence-corrected chi connectivity index (χ3v) is 3.28. The molecule has 5 heteroatoms. The Labute approximate surface area is 107 Å². The van der Waals surface area contributed by atoms with Gasteiger partial charge in [0.25, 0.3) is 0 Å². The molecule has 1 aromatic carbocycles. The minimum Gasteiger partial charge on any atom is -0.323 e. The Kier molecular flexibility index (Phi) is 2.63. The number of rotatable bonds is 3. The van der Waals surface area contributed by atoms with Gasteiger partial charge in [-0.25, -0.2) is 9.37 Å². The van der Waals surface area contributed by atoms with Gasteiger partial charge < -0.3 is 9.88 Å². The van der Waals surface area contributed by atoms with Gasteiger partial charge in [-0.05, 0) is 31.0 Å². The van der Waals surface area contributed by atoms with E-state index in [2.05, 4.69) is 30.8 Å². The maximum Gasteiger partial charge on any atom is 0.207 e. The first-order valence-corrected chi connectivity index (χ1v) is 6.28. The van der Waals surface area contributed by atoms with Gasteiger partial charge in [0.15, 0.2) is 0 Å². The highest BCUT2D eigenvalue weighted by atomic mass is 79.9. The highest BCUT2D eigenvalue weighted by Gasteiger charge is 2.25. The number of hydrogen-bond acceptors (Lipinski definition) is 2. The lowest BCUT2D eigenvalue weighted by Crippen LogP contribution is -2.02. The summed E-state index contributed by atoms with van der Waals surface area (Å²) in [5, 5.41) is 3.03. The van der Waals surface area contributed by atoms with Crippen LogP contribution in [0.5, 0.6) is 0 Å². The average Bonchev–Trinajstić information content (AvgIpc) is 3.03. The molecule has 1 saturated carbocycles. The van der Waals surface area contributed by atoms with Crippen LogP contribution in [0.1, 0.15) is 18.9 Å². The Morgan fingerprint density at radius 1 is 1.41 bits per heavy atom. The molecule has 0 radical (unpaired) electrons. The molecule has 0 aliphatic heterocycles. The molecule has 3 rings (SSSR count). The van der Waals surface area contributed by atoms with Gasteiger partial charge in [0.1, 0.15) is 5.82 Å². The van der Waals surface area contributed by atoms with E-state index < -0.39 is 0 Å². The average molecular weight is 296 g/mol. The third kappa shape index (κ3) is 2.20. The molecule has 1 N–H and O–H groups in total. The summed E-state index contributed by atoms with van der Waals surface area (Å²) in [5.74, 6) is 0.415. The molecule has 0 atom stereocenters. The van der Waals surface area contributed by atoms with Crippen molar-refractivity contribution in [1.29, 1.82) is 0 Å². The Morgan fingerprint density at radius 2 is 2.24 bits per heavy atom. The standard InChI is InChI=1S/C12H11BrFN3/c13-8-1-4-11(10(14)7-8)16-12-15-5-6-17(12)9-2-3-9/h1,4-7,9H,2-3H2,(H,15,16). The molecule has 2 aromatic rings. The summed E-state index contributed by atoms with van der Waals surface area (Å²) in [7, 11) is 0. The summed E-state index contributed by atoms with van der Waals surface area (Å²) in [4.78, 5) is 4.21. The fourth-order valence-corrected chi connectivity index (χ4v) is 2.10. The quantitative estimate of drug-likeness (QED) is 0.932. The summed E-state index contributed by atoms with van der Waals surface area (Å²) in [6, 6.07) is 5.46. The van der Waals surface area contributed by atoms with Crippen LogP contribution in [0.3, 0.4) is 0 Å². The monoisotopic (exact) mass is 295 g/mol. The van der Waals surface area contributed by atoms with Gasteiger partial charge in [-0.2, -0.15) is 0 Å². The van der Waals surface area contributed by atoms with Gasteiger partial charge >= 0.3 is 0 Å². The topological polar surface area (TPSA) is 29.9 Å². The maximum atomic E-state index is 13.7. The number of hydrogen-bond donors (Lipinski definition) is 1. The van der Waals surface area contributed by atoms with Gasteiger partial charge in [-0.1, -0.05) is 15.9 Å². The van der Waals surface area contributed by atoms with Crippen LogP contribution < -0.4 is 5.32 Å². The van der Waals surface area contributed by atoms with Gasteiger partial charge in [0.05, 0.1) is 5.69 Å². The molecule has 1 aliphatic rings. The van der Waals surface area contributed by atoms with Crippen LogP contribution in [0.15, 0.2) is 35.1 Å². The number of nitrogens with one attached hydrogen (secondary N) is 1. The van der Waals surface area contributed by atoms with Gasteiger partial charge in [0.2, 0.25) is 5.95 Å². The largest absolute Gasteiger partial charge is 0.323 e. The number of nitrogens with zero attached hydrogens (tertiary/aromatic N) is 2. The van der Waals surface area contributed by atoms with E-state index in [0.29, 0.717) is 17.7 Å². The number of imidazole rings is 1. The summed E-state index contributed by atoms with van der Waals surface area (Å²) in [6.07, 6.45) is 6.01. The van der Waals surface area contributed by atoms with E-state index in [1.807, 2.05) is 6.20 Å². The highest BCUT2D eigenvalue weighted by Crippen LogP contribution is 2.37. The lowest BCUT2D eigenvalue weighted by atomic mass is 10.3. The van der Waals surface area contributed by atoms with Crippen LogP contribution in [-0.4, -0.2) is 9.55 Å². The third-order valence-electron chi connectivity index (χ3n) is 2.79. The first kappa shape index (κ1) is 10.8. The molecular weight excluding hydrogens is 285 g/mol. The Hall–Kier alpha value is -1.36. The normalized spacial score (nSPS) is 14.9. The van der Waals surface area contributed by atoms with Crippen molar-refractivity contribution >= 4 is 27.6 Å². The van der Waals surface area contributed by atoms with Crippen molar-refractivity contribution in [2.24, 2.45) is 0 Å². The molecule has 1 aliphatic carbocycles. The lowest BCUT2D eigenvalue weighted by Gasteiger charge is -2.09. The fraction of sp³-hybridized carbons (Fsp3) is 0.250. The van der Waals surface area contributed by atoms with Gasteiger partial charge in [-0.15, -0.1) is 0 Å². The second kappa shape index (κ2) is 4.14. The van der Waals surface area contributed by atoms with Crippen molar-refractivity contribution in [1.82, 2.24) is 9.55 Å². The first-order valence-electron chi connectivity index (χ1n) is 5.49. The van der Waals surface area contributed by atoms with Crippen molar-refractivity contribution in [3.63, 3.8) is 0 Å². The molecule has 88 valence electrons. The van der Waals surface area contributed by atoms with E-state index in [0.717, 1.165) is 4.47 Å². The molecular formula is C12H11BrFN3. The van der Waals surface area contributed by atoms with E-state index in [9.17, 15) is 4.39 Å². The van der Waals surface area contributed by atoms with Crippen molar-refractivity contribution in [3.8, 4) is 0 Å². The molecule has 0 saturated heterocycles. The van der Waals surface area contributed by atoms with E-state index in [-0.39, 0.29) is 5.82 Å². The van der Waals surface area contributed by atoms with Crippen LogP contribution in [0, 0.1) is 5.82 Å². The van der Waals surface area contributed by atoms with Gasteiger partial charge in [0, 0.05) is 22.9 Å². The molecule has 3 nitrogen and oxygen atoms in total. The fourth-order valence-electron chi connectivity index (χ4n) is 1.77. The molecule has 1 aromatic heterocycles. The molecule has 1 fully saturated rings. The minimum atomic E-state index is -0.287. The maximum absolute atomic E-state index is 13.7. The SMILES string of the molecule is Fc1cc(Br)ccc1Nc1nccn1C1CC1. The summed E-state index contributed by atoms with van der Waals surface area (Å²) in [6.45, 7) is 0. The second-order valence-corrected chi connectivity index (χ2v) is 5.05. The zero-order chi connectivity index (χ0) is 11.8. The first-order chi connectivity index (χ1) is 8.24. The predicted molar refractivity (Wildman–Crippen MR) is 67.9 cm³/mol. The number of halogens is 2. The molecule has 1 heterocycles. The summed E-state index contributed by atoms with van der Waals surface area (Å²) in [5.41, 5.74) is 0.446. The summed E-state index contributed by atoms with van der Waals surface area (Å²) >= 11 is 3.23. The van der Waals surface area contributed by atoms with Gasteiger partial charge in [-0.3, -0.25) is 0 Å². The number of anilines is 2. The van der Waals surface area contributed by atoms with E-state index >= 15 is 0 Å². The van der Waals surface area contributed by atoms with Crippen molar-refractivity contribution in [3.05, 3.63) is 40.9 Å². The van der Waals surface area contributed by atoms with E-state index in [4.69, 9.17) is 0 Å². The van der Waals surface area contributed by atoms with Crippen LogP contribution in [-0.2, 0) is 0 Å². The Bertz CT molecular complexity index is 548. The molecule has 0 spiro atoms. The van der Waals surface area contributed by atoms with Crippen LogP contribution in [0.2, 0.25) is 0 Å². The summed E-state index contributed by atoms with van der Waals surface area (Å²) < 4.78 is 16.4. The van der Waals surface area contributed by atoms with Crippen LogP contribution in [0.4, 0.5) is 16.0 Å².